The van der Waals surface area contributed by atoms with Crippen molar-refractivity contribution >= 4 is 21.4 Å². The summed E-state index contributed by atoms with van der Waals surface area (Å²) in [4.78, 5) is -0.0532. The summed E-state index contributed by atoms with van der Waals surface area (Å²) in [5, 5.41) is 10.9. The van der Waals surface area contributed by atoms with Gasteiger partial charge < -0.3 is 9.84 Å². The molecule has 4 nitrogen and oxygen atoms in total. The molecule has 1 N–H and O–H groups in total. The third-order valence-electron chi connectivity index (χ3n) is 5.60. The van der Waals surface area contributed by atoms with Crippen molar-refractivity contribution in [3.05, 3.63) is 58.6 Å². The molecule has 1 heterocycles. The molecule has 0 spiro atoms. The minimum absolute atomic E-state index is 0.0532. The summed E-state index contributed by atoms with van der Waals surface area (Å²) >= 11 is 5.87. The van der Waals surface area contributed by atoms with Crippen molar-refractivity contribution in [1.82, 2.24) is 0 Å². The maximum absolute atomic E-state index is 14.9. The van der Waals surface area contributed by atoms with Crippen LogP contribution in [-0.4, -0.2) is 26.2 Å². The van der Waals surface area contributed by atoms with Crippen LogP contribution in [0, 0.1) is 17.6 Å². The first-order valence-corrected chi connectivity index (χ1v) is 10.4. The van der Waals surface area contributed by atoms with Crippen LogP contribution in [0.15, 0.2) is 41.3 Å². The molecular weight excluding hydrogens is 398 g/mol. The van der Waals surface area contributed by atoms with Crippen molar-refractivity contribution in [2.24, 2.45) is 5.92 Å². The quantitative estimate of drug-likeness (QED) is 0.811. The molecular formula is C19H17ClF2O4S. The molecule has 2 aliphatic rings. The summed E-state index contributed by atoms with van der Waals surface area (Å²) < 4.78 is 60.3. The van der Waals surface area contributed by atoms with Gasteiger partial charge in [0.15, 0.2) is 21.4 Å². The van der Waals surface area contributed by atoms with Gasteiger partial charge in [-0.2, -0.15) is 0 Å². The van der Waals surface area contributed by atoms with Crippen LogP contribution >= 0.6 is 11.6 Å². The van der Waals surface area contributed by atoms with Gasteiger partial charge in [-0.05, 0) is 55.7 Å². The Bertz CT molecular complexity index is 994. The van der Waals surface area contributed by atoms with Gasteiger partial charge in [-0.1, -0.05) is 11.6 Å². The van der Waals surface area contributed by atoms with E-state index in [0.717, 1.165) is 12.1 Å². The van der Waals surface area contributed by atoms with Gasteiger partial charge in [-0.3, -0.25) is 0 Å². The zero-order valence-electron chi connectivity index (χ0n) is 14.2. The number of benzene rings is 2. The Hall–Kier alpha value is -1.70. The Morgan fingerprint density at radius 1 is 1.11 bits per heavy atom. The lowest BCUT2D eigenvalue weighted by molar-refractivity contribution is 0.000155. The lowest BCUT2D eigenvalue weighted by Crippen LogP contribution is -2.55. The van der Waals surface area contributed by atoms with Gasteiger partial charge in [0.05, 0.1) is 23.2 Å². The number of fused-ring (bicyclic) bond motifs is 3. The number of sulfone groups is 1. The van der Waals surface area contributed by atoms with Crippen LogP contribution in [0.2, 0.25) is 5.02 Å². The maximum Gasteiger partial charge on any atom is 0.188 e. The normalized spacial score (nSPS) is 27.4. The number of ether oxygens (including phenoxy) is 1. The van der Waals surface area contributed by atoms with Crippen molar-refractivity contribution in [3.63, 3.8) is 0 Å². The summed E-state index contributed by atoms with van der Waals surface area (Å²) in [5.41, 5.74) is -0.326. The predicted octanol–water partition coefficient (Wildman–Crippen LogP) is 3.84. The van der Waals surface area contributed by atoms with Gasteiger partial charge in [0, 0.05) is 10.9 Å². The number of hydrogen-bond acceptors (Lipinski definition) is 4. The van der Waals surface area contributed by atoms with Crippen molar-refractivity contribution < 1.29 is 27.0 Å². The highest BCUT2D eigenvalue weighted by Crippen LogP contribution is 2.56. The van der Waals surface area contributed by atoms with Crippen LogP contribution in [0.4, 0.5) is 8.78 Å². The molecule has 1 saturated carbocycles. The van der Waals surface area contributed by atoms with Gasteiger partial charge in [-0.15, -0.1) is 0 Å². The van der Waals surface area contributed by atoms with Gasteiger partial charge in [0.2, 0.25) is 0 Å². The first-order chi connectivity index (χ1) is 12.8. The van der Waals surface area contributed by atoms with E-state index in [2.05, 4.69) is 0 Å². The number of rotatable bonds is 2. The zero-order valence-corrected chi connectivity index (χ0v) is 15.7. The standard InChI is InChI=1S/C19H17ClF2O4S/c20-11-3-5-12(6-4-11)27(24,25)19-9-1-2-16(23)13(19)10-26-18-15(22)8-7-14(21)17(18)19/h3-8,13,16,23H,1-2,9-10H2/t13?,16-,19+/m0/s1. The van der Waals surface area contributed by atoms with E-state index in [1.165, 1.54) is 24.3 Å². The van der Waals surface area contributed by atoms with E-state index in [1.54, 1.807) is 0 Å². The summed E-state index contributed by atoms with van der Waals surface area (Å²) in [6.45, 7) is -0.207. The number of aliphatic hydroxyl groups excluding tert-OH is 1. The van der Waals surface area contributed by atoms with Crippen LogP contribution in [0.25, 0.3) is 0 Å². The van der Waals surface area contributed by atoms with Gasteiger partial charge in [0.1, 0.15) is 10.6 Å². The average molecular weight is 415 g/mol. The molecule has 1 unspecified atom stereocenters. The highest BCUT2D eigenvalue weighted by Gasteiger charge is 2.60. The molecule has 1 aliphatic heterocycles. The monoisotopic (exact) mass is 414 g/mol. The molecule has 0 saturated heterocycles. The van der Waals surface area contributed by atoms with Crippen molar-refractivity contribution in [1.29, 1.82) is 0 Å². The van der Waals surface area contributed by atoms with E-state index in [4.69, 9.17) is 16.3 Å². The van der Waals surface area contributed by atoms with E-state index >= 15 is 0 Å². The van der Waals surface area contributed by atoms with Gasteiger partial charge in [0.25, 0.3) is 0 Å². The van der Waals surface area contributed by atoms with E-state index < -0.39 is 44.0 Å². The summed E-state index contributed by atoms with van der Waals surface area (Å²) in [6.07, 6.45) is -0.203. The van der Waals surface area contributed by atoms with E-state index in [-0.39, 0.29) is 23.5 Å². The largest absolute Gasteiger partial charge is 0.490 e. The topological polar surface area (TPSA) is 63.6 Å². The third-order valence-corrected chi connectivity index (χ3v) is 8.42. The van der Waals surface area contributed by atoms with Gasteiger partial charge >= 0.3 is 0 Å². The van der Waals surface area contributed by atoms with Crippen molar-refractivity contribution in [2.75, 3.05) is 6.61 Å². The predicted molar refractivity (Wildman–Crippen MR) is 95.5 cm³/mol. The Labute approximate surface area is 160 Å². The molecule has 1 fully saturated rings. The highest BCUT2D eigenvalue weighted by atomic mass is 35.5. The molecule has 0 radical (unpaired) electrons. The van der Waals surface area contributed by atoms with Crippen LogP contribution in [0.3, 0.4) is 0 Å². The Kier molecular flexibility index (Phi) is 4.44. The maximum atomic E-state index is 14.9. The van der Waals surface area contributed by atoms with E-state index in [9.17, 15) is 22.3 Å². The Morgan fingerprint density at radius 3 is 2.48 bits per heavy atom. The molecule has 27 heavy (non-hydrogen) atoms. The average Bonchev–Trinajstić information content (AvgIpc) is 2.64. The number of hydrogen-bond donors (Lipinski definition) is 1. The molecule has 0 aromatic heterocycles. The summed E-state index contributed by atoms with van der Waals surface area (Å²) in [5.74, 6) is -2.98. The SMILES string of the molecule is O=S(=O)(c1ccc(Cl)cc1)[C@]12CCC[C@H](O)C1COc1c(F)ccc(F)c12. The zero-order chi connectivity index (χ0) is 19.4. The molecule has 8 heteroatoms. The smallest absolute Gasteiger partial charge is 0.188 e. The van der Waals surface area contributed by atoms with Crippen molar-refractivity contribution in [2.45, 2.75) is 35.0 Å². The van der Waals surface area contributed by atoms with Gasteiger partial charge in [-0.25, -0.2) is 17.2 Å². The van der Waals surface area contributed by atoms with E-state index in [0.29, 0.717) is 17.9 Å². The highest BCUT2D eigenvalue weighted by molar-refractivity contribution is 7.92. The fourth-order valence-electron chi connectivity index (χ4n) is 4.36. The van der Waals surface area contributed by atoms with E-state index in [1.807, 2.05) is 0 Å². The second-order valence-electron chi connectivity index (χ2n) is 6.96. The Balaban J connectivity index is 2.04. The lowest BCUT2D eigenvalue weighted by atomic mass is 9.71. The fraction of sp³-hybridized carbons (Fsp3) is 0.368. The molecule has 3 atom stereocenters. The minimum Gasteiger partial charge on any atom is -0.490 e. The second-order valence-corrected chi connectivity index (χ2v) is 9.60. The summed E-state index contributed by atoms with van der Waals surface area (Å²) in [6, 6.07) is 7.37. The third kappa shape index (κ3) is 2.59. The second kappa shape index (κ2) is 6.43. The minimum atomic E-state index is -4.19. The van der Waals surface area contributed by atoms with Crippen LogP contribution in [-0.2, 0) is 14.6 Å². The van der Waals surface area contributed by atoms with Crippen LogP contribution in [0.1, 0.15) is 24.8 Å². The lowest BCUT2D eigenvalue weighted by Gasteiger charge is -2.49. The van der Waals surface area contributed by atoms with Crippen LogP contribution < -0.4 is 4.74 Å². The molecule has 144 valence electrons. The number of halogens is 3. The molecule has 0 bridgehead atoms. The molecule has 2 aromatic carbocycles. The molecule has 1 aliphatic carbocycles. The molecule has 0 amide bonds. The first-order valence-electron chi connectivity index (χ1n) is 8.58. The molecule has 4 rings (SSSR count). The fourth-order valence-corrected chi connectivity index (χ4v) is 6.90. The Morgan fingerprint density at radius 2 is 1.78 bits per heavy atom. The first kappa shape index (κ1) is 18.7. The number of aliphatic hydroxyl groups is 1. The molecule has 2 aromatic rings. The summed E-state index contributed by atoms with van der Waals surface area (Å²) in [7, 11) is -4.19. The van der Waals surface area contributed by atoms with Crippen LogP contribution in [0.5, 0.6) is 5.75 Å². The van der Waals surface area contributed by atoms with Crippen molar-refractivity contribution in [3.8, 4) is 5.75 Å².